The molecule has 5 aliphatic heterocycles. The number of epoxide rings is 1. The van der Waals surface area contributed by atoms with Crippen LogP contribution in [0.2, 0.25) is 0 Å². The molecule has 0 radical (unpaired) electrons. The maximum Gasteiger partial charge on any atom is 0.332 e. The molecule has 1 saturated carbocycles. The summed E-state index contributed by atoms with van der Waals surface area (Å²) in [5, 5.41) is 0. The third kappa shape index (κ3) is 1.78. The molecule has 7 heteroatoms. The topological polar surface area (TPSA) is 83.6 Å². The van der Waals surface area contributed by atoms with E-state index < -0.39 is 22.9 Å². The van der Waals surface area contributed by atoms with Crippen molar-refractivity contribution in [2.45, 2.75) is 63.8 Å². The van der Waals surface area contributed by atoms with Gasteiger partial charge in [0.2, 0.25) is 6.29 Å². The van der Waals surface area contributed by atoms with Crippen LogP contribution in [0.4, 0.5) is 0 Å². The van der Waals surface area contributed by atoms with Crippen molar-refractivity contribution in [2.75, 3.05) is 6.61 Å². The fourth-order valence-corrected chi connectivity index (χ4v) is 7.06. The summed E-state index contributed by atoms with van der Waals surface area (Å²) in [6.45, 7) is 8.28. The highest BCUT2D eigenvalue weighted by Gasteiger charge is 2.73. The lowest BCUT2D eigenvalue weighted by Crippen LogP contribution is -2.51. The van der Waals surface area contributed by atoms with Crippen LogP contribution in [0.15, 0.2) is 34.6 Å². The Balaban J connectivity index is 1.48. The van der Waals surface area contributed by atoms with Gasteiger partial charge in [0.1, 0.15) is 29.2 Å². The molecule has 7 aliphatic rings. The molecule has 2 saturated heterocycles. The van der Waals surface area contributed by atoms with Gasteiger partial charge in [0.05, 0.1) is 17.9 Å². The quantitative estimate of drug-likeness (QED) is 0.445. The number of fused-ring (bicyclic) bond motifs is 3. The lowest BCUT2D eigenvalue weighted by molar-refractivity contribution is -0.179. The van der Waals surface area contributed by atoms with Gasteiger partial charge in [0.15, 0.2) is 0 Å². The fraction of sp³-hybridized carbons (Fsp3) is 0.652. The van der Waals surface area contributed by atoms with Gasteiger partial charge < -0.3 is 23.7 Å². The Kier molecular flexibility index (Phi) is 2.84. The van der Waals surface area contributed by atoms with Gasteiger partial charge in [0, 0.05) is 29.1 Å². The average Bonchev–Trinajstić information content (AvgIpc) is 3.32. The van der Waals surface area contributed by atoms with Crippen molar-refractivity contribution >= 4 is 11.9 Å². The second-order valence-corrected chi connectivity index (χ2v) is 10.4. The van der Waals surface area contributed by atoms with Crippen LogP contribution in [0.1, 0.15) is 34.1 Å². The van der Waals surface area contributed by atoms with Gasteiger partial charge in [-0.05, 0) is 45.8 Å². The van der Waals surface area contributed by atoms with Crippen LogP contribution in [-0.4, -0.2) is 48.2 Å². The number of ether oxygens (including phenoxy) is 5. The third-order valence-electron chi connectivity index (χ3n) is 8.43. The SMILES string of the molecule is C[C@H]1O[C@@H]2OC(=O)[C@]3(C)C[C@@H]4[C@H]5C(=C1O[C@H]5C=C1C(=CC(=O)OC1(C)C)[C@@]41CO1)[C@H]23. The minimum Gasteiger partial charge on any atom is -0.487 e. The highest BCUT2D eigenvalue weighted by molar-refractivity contribution is 5.88. The molecule has 158 valence electrons. The van der Waals surface area contributed by atoms with Crippen LogP contribution in [-0.2, 0) is 33.3 Å². The first-order valence-corrected chi connectivity index (χ1v) is 10.7. The Labute approximate surface area is 174 Å². The Morgan fingerprint density at radius 1 is 1.10 bits per heavy atom. The van der Waals surface area contributed by atoms with Gasteiger partial charge in [0.25, 0.3) is 0 Å². The van der Waals surface area contributed by atoms with Gasteiger partial charge in [-0.2, -0.15) is 0 Å². The average molecular weight is 412 g/mol. The largest absolute Gasteiger partial charge is 0.487 e. The van der Waals surface area contributed by atoms with E-state index in [9.17, 15) is 9.59 Å². The maximum atomic E-state index is 13.0. The monoisotopic (exact) mass is 412 g/mol. The van der Waals surface area contributed by atoms with Gasteiger partial charge >= 0.3 is 11.9 Å². The molecule has 0 N–H and O–H groups in total. The van der Waals surface area contributed by atoms with Gasteiger partial charge in [-0.3, -0.25) is 4.79 Å². The number of rotatable bonds is 0. The molecular formula is C23H24O7. The maximum absolute atomic E-state index is 13.0. The summed E-state index contributed by atoms with van der Waals surface area (Å²) < 4.78 is 30.1. The molecule has 2 aliphatic carbocycles. The number of carbonyl (C=O) groups excluding carboxylic acids is 2. The Bertz CT molecular complexity index is 1030. The second kappa shape index (κ2) is 4.86. The van der Waals surface area contributed by atoms with E-state index >= 15 is 0 Å². The van der Waals surface area contributed by atoms with E-state index in [0.717, 1.165) is 22.5 Å². The molecule has 0 aromatic carbocycles. The van der Waals surface area contributed by atoms with Gasteiger partial charge in [-0.1, -0.05) is 0 Å². The molecule has 0 unspecified atom stereocenters. The van der Waals surface area contributed by atoms with E-state index in [1.54, 1.807) is 6.08 Å². The van der Waals surface area contributed by atoms with Crippen molar-refractivity contribution in [3.8, 4) is 0 Å². The first kappa shape index (κ1) is 17.5. The normalized spacial score (nSPS) is 51.2. The van der Waals surface area contributed by atoms with Crippen LogP contribution < -0.4 is 0 Å². The van der Waals surface area contributed by atoms with Gasteiger partial charge in [-0.25, -0.2) is 4.79 Å². The van der Waals surface area contributed by atoms with Crippen LogP contribution in [0, 0.1) is 23.2 Å². The number of esters is 2. The summed E-state index contributed by atoms with van der Waals surface area (Å²) in [5.41, 5.74) is 0.926. The fourth-order valence-electron chi connectivity index (χ4n) is 7.06. The zero-order valence-electron chi connectivity index (χ0n) is 17.4. The summed E-state index contributed by atoms with van der Waals surface area (Å²) in [6, 6.07) is 0. The second-order valence-electron chi connectivity index (χ2n) is 10.4. The smallest absolute Gasteiger partial charge is 0.332 e. The zero-order valence-corrected chi connectivity index (χ0v) is 17.4. The van der Waals surface area contributed by atoms with Gasteiger partial charge in [-0.15, -0.1) is 0 Å². The molecule has 0 aromatic rings. The van der Waals surface area contributed by atoms with E-state index in [0.29, 0.717) is 13.0 Å². The van der Waals surface area contributed by atoms with Crippen LogP contribution in [0.5, 0.6) is 0 Å². The van der Waals surface area contributed by atoms with Crippen molar-refractivity contribution in [1.82, 2.24) is 0 Å². The third-order valence-corrected chi connectivity index (χ3v) is 8.43. The van der Waals surface area contributed by atoms with E-state index in [1.165, 1.54) is 0 Å². The molecule has 3 fully saturated rings. The van der Waals surface area contributed by atoms with E-state index in [-0.39, 0.29) is 41.9 Å². The highest BCUT2D eigenvalue weighted by atomic mass is 16.7. The molecule has 0 aromatic heterocycles. The Morgan fingerprint density at radius 3 is 2.60 bits per heavy atom. The lowest BCUT2D eigenvalue weighted by atomic mass is 9.54. The minimum absolute atomic E-state index is 0.00884. The minimum atomic E-state index is -0.774. The summed E-state index contributed by atoms with van der Waals surface area (Å²) in [5.74, 6) is 0.201. The number of hydrogen-bond donors (Lipinski definition) is 0. The molecule has 0 bridgehead atoms. The molecule has 0 amide bonds. The first-order valence-electron chi connectivity index (χ1n) is 10.7. The molecule has 5 heterocycles. The number of carbonyl (C=O) groups is 2. The van der Waals surface area contributed by atoms with Crippen molar-refractivity contribution in [2.24, 2.45) is 23.2 Å². The molecule has 1 spiro atoms. The predicted octanol–water partition coefficient (Wildman–Crippen LogP) is 2.17. The zero-order chi connectivity index (χ0) is 20.8. The molecule has 7 nitrogen and oxygen atoms in total. The highest BCUT2D eigenvalue weighted by Crippen LogP contribution is 2.68. The van der Waals surface area contributed by atoms with Crippen molar-refractivity contribution in [1.29, 1.82) is 0 Å². The number of hydrogen-bond acceptors (Lipinski definition) is 7. The van der Waals surface area contributed by atoms with Crippen LogP contribution in [0.3, 0.4) is 0 Å². The Hall–Kier alpha value is -2.12. The molecule has 8 atom stereocenters. The van der Waals surface area contributed by atoms with E-state index in [4.69, 9.17) is 23.7 Å². The molecule has 30 heavy (non-hydrogen) atoms. The Morgan fingerprint density at radius 2 is 1.87 bits per heavy atom. The molecule has 7 rings (SSSR count). The lowest BCUT2D eigenvalue weighted by Gasteiger charge is -2.46. The number of cyclic esters (lactones) is 1. The first-order chi connectivity index (χ1) is 14.2. The van der Waals surface area contributed by atoms with Crippen molar-refractivity contribution in [3.05, 3.63) is 34.6 Å². The van der Waals surface area contributed by atoms with Crippen LogP contribution in [0.25, 0.3) is 0 Å². The van der Waals surface area contributed by atoms with Crippen molar-refractivity contribution < 1.29 is 33.3 Å². The predicted molar refractivity (Wildman–Crippen MR) is 101 cm³/mol. The summed E-state index contributed by atoms with van der Waals surface area (Å²) in [4.78, 5) is 25.4. The summed E-state index contributed by atoms with van der Waals surface area (Å²) in [6.07, 6.45) is 3.27. The summed E-state index contributed by atoms with van der Waals surface area (Å²) >= 11 is 0. The van der Waals surface area contributed by atoms with Crippen LogP contribution >= 0.6 is 0 Å². The standard InChI is InChI=1S/C23H24O7/c1-9-18-16-15-12(7-22(4)17(16)19(27-9)29-20(22)25)23(8-26-23)11-6-14(24)30-21(2,3)10(11)5-13(15)28-18/h5-6,9,12-13,15,17,19H,7-8H2,1-4H3/t9-,12-,13+,15-,17-,19-,22-,23+/m1/s1. The molecular weight excluding hydrogens is 388 g/mol. The van der Waals surface area contributed by atoms with Crippen molar-refractivity contribution in [3.63, 3.8) is 0 Å². The van der Waals surface area contributed by atoms with E-state index in [1.807, 2.05) is 27.7 Å². The van der Waals surface area contributed by atoms with E-state index in [2.05, 4.69) is 6.08 Å². The summed E-state index contributed by atoms with van der Waals surface area (Å²) in [7, 11) is 0.